The zero-order valence-electron chi connectivity index (χ0n) is 10.6. The Morgan fingerprint density at radius 1 is 1.25 bits per heavy atom. The van der Waals surface area contributed by atoms with Crippen LogP contribution in [0.15, 0.2) is 12.4 Å². The van der Waals surface area contributed by atoms with Crippen molar-refractivity contribution >= 4 is 11.0 Å². The third-order valence-electron chi connectivity index (χ3n) is 2.75. The molecule has 0 amide bonds. The average Bonchev–Trinajstić information content (AvgIpc) is 2.61. The molecule has 1 N–H and O–H groups in total. The highest BCUT2D eigenvalue weighted by Gasteiger charge is 2.19. The van der Waals surface area contributed by atoms with Gasteiger partial charge in [0.25, 0.3) is 0 Å². The number of H-pyrrole nitrogens is 1. The molecule has 86 valence electrons. The van der Waals surface area contributed by atoms with E-state index < -0.39 is 0 Å². The molecule has 0 unspecified atom stereocenters. The molecule has 0 aliphatic heterocycles. The molecule has 0 saturated heterocycles. The van der Waals surface area contributed by atoms with Crippen molar-refractivity contribution in [1.82, 2.24) is 15.0 Å². The minimum atomic E-state index is 0.0724. The summed E-state index contributed by atoms with van der Waals surface area (Å²) < 4.78 is 0. The lowest BCUT2D eigenvalue weighted by Gasteiger charge is -2.19. The van der Waals surface area contributed by atoms with Crippen LogP contribution in [-0.2, 0) is 5.41 Å². The summed E-state index contributed by atoms with van der Waals surface area (Å²) in [5.41, 5.74) is 4.37. The molecule has 3 nitrogen and oxygen atoms in total. The van der Waals surface area contributed by atoms with Crippen LogP contribution in [0.25, 0.3) is 11.0 Å². The number of nitrogens with one attached hydrogen (secondary N) is 1. The Labute approximate surface area is 96.3 Å². The molecule has 2 aromatic rings. The van der Waals surface area contributed by atoms with Gasteiger partial charge in [-0.2, -0.15) is 0 Å². The molecule has 0 atom stereocenters. The number of hydrogen-bond acceptors (Lipinski definition) is 2. The van der Waals surface area contributed by atoms with Gasteiger partial charge in [0.05, 0.1) is 17.5 Å². The fourth-order valence-electron chi connectivity index (χ4n) is 1.76. The predicted octanol–water partition coefficient (Wildman–Crippen LogP) is 3.38. The normalized spacial score (nSPS) is 12.6. The van der Waals surface area contributed by atoms with Crippen LogP contribution < -0.4 is 0 Å². The van der Waals surface area contributed by atoms with Crippen molar-refractivity contribution in [3.8, 4) is 0 Å². The molecule has 16 heavy (non-hydrogen) atoms. The van der Waals surface area contributed by atoms with E-state index in [1.54, 1.807) is 6.33 Å². The zero-order valence-corrected chi connectivity index (χ0v) is 10.6. The lowest BCUT2D eigenvalue weighted by Crippen LogP contribution is -2.15. The topological polar surface area (TPSA) is 41.6 Å². The van der Waals surface area contributed by atoms with Crippen LogP contribution in [0.2, 0.25) is 0 Å². The fraction of sp³-hybridized carbons (Fsp3) is 0.538. The highest BCUT2D eigenvalue weighted by atomic mass is 14.9. The summed E-state index contributed by atoms with van der Waals surface area (Å²) in [7, 11) is 0. The van der Waals surface area contributed by atoms with Crippen LogP contribution in [0.4, 0.5) is 0 Å². The van der Waals surface area contributed by atoms with Gasteiger partial charge in [0.15, 0.2) is 0 Å². The summed E-state index contributed by atoms with van der Waals surface area (Å²) in [5.74, 6) is 0.396. The molecule has 0 radical (unpaired) electrons. The smallest absolute Gasteiger partial charge is 0.110 e. The SMILES string of the molecule is CC(C)c1nc(C(C)(C)C)cc2[nH]cnc12. The fourth-order valence-corrected chi connectivity index (χ4v) is 1.76. The molecule has 0 aliphatic carbocycles. The predicted molar refractivity (Wildman–Crippen MR) is 66.7 cm³/mol. The largest absolute Gasteiger partial charge is 0.344 e. The van der Waals surface area contributed by atoms with Crippen molar-refractivity contribution in [3.63, 3.8) is 0 Å². The lowest BCUT2D eigenvalue weighted by molar-refractivity contribution is 0.565. The number of pyridine rings is 1. The first-order valence-corrected chi connectivity index (χ1v) is 5.74. The second-order valence-electron chi connectivity index (χ2n) is 5.60. The van der Waals surface area contributed by atoms with Gasteiger partial charge >= 0.3 is 0 Å². The van der Waals surface area contributed by atoms with Gasteiger partial charge in [-0.25, -0.2) is 4.98 Å². The van der Waals surface area contributed by atoms with Gasteiger partial charge in [0, 0.05) is 11.1 Å². The molecule has 0 spiro atoms. The number of hydrogen-bond donors (Lipinski definition) is 1. The van der Waals surface area contributed by atoms with E-state index in [2.05, 4.69) is 50.7 Å². The second-order valence-corrected chi connectivity index (χ2v) is 5.60. The Kier molecular flexibility index (Phi) is 2.49. The van der Waals surface area contributed by atoms with Gasteiger partial charge in [0.1, 0.15) is 5.52 Å². The molecule has 2 rings (SSSR count). The maximum Gasteiger partial charge on any atom is 0.110 e. The minimum Gasteiger partial charge on any atom is -0.344 e. The van der Waals surface area contributed by atoms with E-state index in [-0.39, 0.29) is 5.41 Å². The van der Waals surface area contributed by atoms with E-state index in [0.29, 0.717) is 5.92 Å². The third kappa shape index (κ3) is 1.82. The van der Waals surface area contributed by atoms with E-state index in [1.807, 2.05) is 0 Å². The highest BCUT2D eigenvalue weighted by molar-refractivity contribution is 5.77. The molecule has 0 saturated carbocycles. The zero-order chi connectivity index (χ0) is 11.9. The molecule has 3 heteroatoms. The van der Waals surface area contributed by atoms with Crippen LogP contribution in [0.5, 0.6) is 0 Å². The first kappa shape index (κ1) is 11.1. The summed E-state index contributed by atoms with van der Waals surface area (Å²) in [6.07, 6.45) is 1.74. The summed E-state index contributed by atoms with van der Waals surface area (Å²) in [6, 6.07) is 2.11. The van der Waals surface area contributed by atoms with Crippen LogP contribution in [0.1, 0.15) is 51.9 Å². The van der Waals surface area contributed by atoms with E-state index in [0.717, 1.165) is 22.4 Å². The monoisotopic (exact) mass is 217 g/mol. The quantitative estimate of drug-likeness (QED) is 0.795. The summed E-state index contributed by atoms with van der Waals surface area (Å²) in [5, 5.41) is 0. The molecule has 0 aliphatic rings. The van der Waals surface area contributed by atoms with Gasteiger partial charge < -0.3 is 4.98 Å². The second kappa shape index (κ2) is 3.58. The molecule has 2 heterocycles. The minimum absolute atomic E-state index is 0.0724. The Morgan fingerprint density at radius 3 is 2.50 bits per heavy atom. The molecular formula is C13H19N3. The maximum atomic E-state index is 4.76. The molecule has 2 aromatic heterocycles. The Balaban J connectivity index is 2.71. The van der Waals surface area contributed by atoms with Crippen molar-refractivity contribution in [2.75, 3.05) is 0 Å². The third-order valence-corrected chi connectivity index (χ3v) is 2.75. The molecular weight excluding hydrogens is 198 g/mol. The number of fused-ring (bicyclic) bond motifs is 1. The van der Waals surface area contributed by atoms with Crippen LogP contribution >= 0.6 is 0 Å². The highest BCUT2D eigenvalue weighted by Crippen LogP contribution is 2.27. The van der Waals surface area contributed by atoms with Crippen molar-refractivity contribution in [2.24, 2.45) is 0 Å². The van der Waals surface area contributed by atoms with E-state index >= 15 is 0 Å². The van der Waals surface area contributed by atoms with Gasteiger partial charge in [-0.1, -0.05) is 34.6 Å². The number of nitrogens with zero attached hydrogens (tertiary/aromatic N) is 2. The standard InChI is InChI=1S/C13H19N3/c1-8(2)11-12-9(14-7-15-12)6-10(16-11)13(3,4)5/h6-8H,1-5H3,(H,14,15). The number of rotatable bonds is 1. The Morgan fingerprint density at radius 2 is 1.94 bits per heavy atom. The van der Waals surface area contributed by atoms with Crippen LogP contribution in [-0.4, -0.2) is 15.0 Å². The lowest BCUT2D eigenvalue weighted by atomic mass is 9.90. The summed E-state index contributed by atoms with van der Waals surface area (Å²) in [6.45, 7) is 10.9. The number of aromatic amines is 1. The maximum absolute atomic E-state index is 4.76. The van der Waals surface area contributed by atoms with Crippen LogP contribution in [0, 0.1) is 0 Å². The molecule has 0 fully saturated rings. The first-order valence-electron chi connectivity index (χ1n) is 5.74. The first-order chi connectivity index (χ1) is 7.39. The number of imidazole rings is 1. The summed E-state index contributed by atoms with van der Waals surface area (Å²) in [4.78, 5) is 12.3. The van der Waals surface area contributed by atoms with E-state index in [1.165, 1.54) is 0 Å². The van der Waals surface area contributed by atoms with Gasteiger partial charge in [0.2, 0.25) is 0 Å². The average molecular weight is 217 g/mol. The summed E-state index contributed by atoms with van der Waals surface area (Å²) >= 11 is 0. The van der Waals surface area contributed by atoms with Gasteiger partial charge in [-0.3, -0.25) is 4.98 Å². The van der Waals surface area contributed by atoms with Gasteiger partial charge in [-0.05, 0) is 12.0 Å². The van der Waals surface area contributed by atoms with Gasteiger partial charge in [-0.15, -0.1) is 0 Å². The van der Waals surface area contributed by atoms with Crippen molar-refractivity contribution in [2.45, 2.75) is 46.0 Å². The van der Waals surface area contributed by atoms with Crippen molar-refractivity contribution < 1.29 is 0 Å². The van der Waals surface area contributed by atoms with E-state index in [4.69, 9.17) is 4.98 Å². The molecule has 0 bridgehead atoms. The van der Waals surface area contributed by atoms with E-state index in [9.17, 15) is 0 Å². The Hall–Kier alpha value is -1.38. The van der Waals surface area contributed by atoms with Crippen LogP contribution in [0.3, 0.4) is 0 Å². The van der Waals surface area contributed by atoms with Crippen molar-refractivity contribution in [3.05, 3.63) is 23.8 Å². The molecule has 0 aromatic carbocycles. The Bertz CT molecular complexity index is 503. The number of aromatic nitrogens is 3. The van der Waals surface area contributed by atoms with Crippen molar-refractivity contribution in [1.29, 1.82) is 0 Å².